The van der Waals surface area contributed by atoms with Gasteiger partial charge in [0.15, 0.2) is 0 Å². The van der Waals surface area contributed by atoms with Gasteiger partial charge < -0.3 is 4.74 Å². The van der Waals surface area contributed by atoms with E-state index in [1.165, 1.54) is 0 Å². The molecule has 0 saturated heterocycles. The molecule has 0 bridgehead atoms. The van der Waals surface area contributed by atoms with Crippen molar-refractivity contribution >= 4 is 5.97 Å². The Labute approximate surface area is 79.6 Å². The highest BCUT2D eigenvalue weighted by Gasteiger charge is 2.06. The fraction of sp³-hybridized carbons (Fsp3) is 0.364. The number of esters is 1. The highest BCUT2D eigenvalue weighted by Crippen LogP contribution is 2.06. The highest BCUT2D eigenvalue weighted by molar-refractivity contribution is 5.81. The minimum absolute atomic E-state index is 0.203. The molecule has 1 atom stereocenters. The van der Waals surface area contributed by atoms with E-state index in [1.54, 1.807) is 6.08 Å². The van der Waals surface area contributed by atoms with Gasteiger partial charge in [-0.2, -0.15) is 0 Å². The van der Waals surface area contributed by atoms with Gasteiger partial charge in [0.2, 0.25) is 0 Å². The van der Waals surface area contributed by atoms with Crippen molar-refractivity contribution in [2.75, 3.05) is 0 Å². The van der Waals surface area contributed by atoms with Gasteiger partial charge in [0, 0.05) is 6.08 Å². The molecule has 0 aromatic carbocycles. The monoisotopic (exact) mass is 180 g/mol. The quantitative estimate of drug-likeness (QED) is 0.260. The van der Waals surface area contributed by atoms with Crippen LogP contribution in [0.25, 0.3) is 0 Å². The van der Waals surface area contributed by atoms with Gasteiger partial charge in [-0.05, 0) is 19.3 Å². The maximum Gasteiger partial charge on any atom is 0.330 e. The molecular weight excluding hydrogens is 164 g/mol. The van der Waals surface area contributed by atoms with Crippen LogP contribution < -0.4 is 0 Å². The second kappa shape index (κ2) is 7.35. The van der Waals surface area contributed by atoms with E-state index in [4.69, 9.17) is 4.74 Å². The molecule has 0 aliphatic carbocycles. The fourth-order valence-electron chi connectivity index (χ4n) is 0.886. The molecule has 0 N–H and O–H groups in total. The summed E-state index contributed by atoms with van der Waals surface area (Å²) in [5.41, 5.74) is 0. The first-order valence-corrected chi connectivity index (χ1v) is 4.31. The summed E-state index contributed by atoms with van der Waals surface area (Å²) in [6, 6.07) is 0. The van der Waals surface area contributed by atoms with Crippen LogP contribution in [0.4, 0.5) is 0 Å². The summed E-state index contributed by atoms with van der Waals surface area (Å²) in [5.74, 6) is -0.400. The van der Waals surface area contributed by atoms with Crippen LogP contribution in [-0.2, 0) is 9.53 Å². The molecule has 0 spiro atoms. The van der Waals surface area contributed by atoms with Gasteiger partial charge in [0.1, 0.15) is 6.10 Å². The first kappa shape index (κ1) is 11.7. The van der Waals surface area contributed by atoms with Crippen LogP contribution in [0.1, 0.15) is 19.3 Å². The van der Waals surface area contributed by atoms with Gasteiger partial charge >= 0.3 is 5.97 Å². The topological polar surface area (TPSA) is 26.3 Å². The standard InChI is InChI=1S/C11H16O2/c1-4-7-8-9-10(5-2)13-11(12)6-3/h4-6,10H,1-3,7-9H2. The molecule has 0 saturated carbocycles. The first-order chi connectivity index (χ1) is 6.24. The predicted molar refractivity (Wildman–Crippen MR) is 54.3 cm³/mol. The molecule has 1 unspecified atom stereocenters. The van der Waals surface area contributed by atoms with E-state index in [1.807, 2.05) is 6.08 Å². The van der Waals surface area contributed by atoms with E-state index in [-0.39, 0.29) is 6.10 Å². The molecule has 0 aromatic heterocycles. The zero-order chi connectivity index (χ0) is 10.1. The van der Waals surface area contributed by atoms with Gasteiger partial charge in [-0.3, -0.25) is 0 Å². The lowest BCUT2D eigenvalue weighted by Gasteiger charge is -2.11. The summed E-state index contributed by atoms with van der Waals surface area (Å²) in [6.45, 7) is 10.5. The zero-order valence-corrected chi connectivity index (χ0v) is 7.87. The van der Waals surface area contributed by atoms with Crippen LogP contribution in [0.3, 0.4) is 0 Å². The van der Waals surface area contributed by atoms with Crippen molar-refractivity contribution in [3.05, 3.63) is 38.0 Å². The zero-order valence-electron chi connectivity index (χ0n) is 7.87. The lowest BCUT2D eigenvalue weighted by Crippen LogP contribution is -2.13. The molecule has 13 heavy (non-hydrogen) atoms. The lowest BCUT2D eigenvalue weighted by atomic mass is 10.1. The van der Waals surface area contributed by atoms with Crippen molar-refractivity contribution in [2.24, 2.45) is 0 Å². The molecule has 2 nitrogen and oxygen atoms in total. The molecule has 0 radical (unpaired) electrons. The van der Waals surface area contributed by atoms with Crippen molar-refractivity contribution in [3.63, 3.8) is 0 Å². The normalized spacial score (nSPS) is 11.4. The van der Waals surface area contributed by atoms with E-state index >= 15 is 0 Å². The van der Waals surface area contributed by atoms with Crippen molar-refractivity contribution in [2.45, 2.75) is 25.4 Å². The molecule has 0 amide bonds. The summed E-state index contributed by atoms with van der Waals surface area (Å²) < 4.78 is 4.99. The molecule has 72 valence electrons. The smallest absolute Gasteiger partial charge is 0.330 e. The van der Waals surface area contributed by atoms with Crippen LogP contribution in [0, 0.1) is 0 Å². The maximum absolute atomic E-state index is 10.8. The molecule has 0 aliphatic heterocycles. The molecule has 0 aliphatic rings. The number of ether oxygens (including phenoxy) is 1. The van der Waals surface area contributed by atoms with Gasteiger partial charge in [0.25, 0.3) is 0 Å². The summed E-state index contributed by atoms with van der Waals surface area (Å²) in [4.78, 5) is 10.8. The Morgan fingerprint density at radius 1 is 1.38 bits per heavy atom. The molecule has 0 aromatic rings. The van der Waals surface area contributed by atoms with Crippen LogP contribution in [0.5, 0.6) is 0 Å². The summed E-state index contributed by atoms with van der Waals surface area (Å²) in [7, 11) is 0. The molecule has 0 fully saturated rings. The average molecular weight is 180 g/mol. The summed E-state index contributed by atoms with van der Waals surface area (Å²) >= 11 is 0. The largest absolute Gasteiger partial charge is 0.455 e. The fourth-order valence-corrected chi connectivity index (χ4v) is 0.886. The van der Waals surface area contributed by atoms with Crippen molar-refractivity contribution in [1.29, 1.82) is 0 Å². The van der Waals surface area contributed by atoms with Crippen LogP contribution in [-0.4, -0.2) is 12.1 Å². The number of carbonyl (C=O) groups is 1. The van der Waals surface area contributed by atoms with E-state index in [2.05, 4.69) is 19.7 Å². The number of carbonyl (C=O) groups excluding carboxylic acids is 1. The van der Waals surface area contributed by atoms with E-state index in [9.17, 15) is 4.79 Å². The van der Waals surface area contributed by atoms with E-state index in [0.29, 0.717) is 0 Å². The number of hydrogen-bond donors (Lipinski definition) is 0. The molecule has 0 heterocycles. The Morgan fingerprint density at radius 2 is 2.08 bits per heavy atom. The van der Waals surface area contributed by atoms with Crippen molar-refractivity contribution in [3.8, 4) is 0 Å². The Bertz CT molecular complexity index is 194. The van der Waals surface area contributed by atoms with Crippen molar-refractivity contribution < 1.29 is 9.53 Å². The minimum atomic E-state index is -0.400. The Morgan fingerprint density at radius 3 is 2.54 bits per heavy atom. The molecule has 2 heteroatoms. The van der Waals surface area contributed by atoms with Crippen LogP contribution >= 0.6 is 0 Å². The van der Waals surface area contributed by atoms with Crippen LogP contribution in [0.2, 0.25) is 0 Å². The first-order valence-electron chi connectivity index (χ1n) is 4.31. The van der Waals surface area contributed by atoms with Gasteiger partial charge in [0.05, 0.1) is 0 Å². The third-order valence-corrected chi connectivity index (χ3v) is 1.59. The number of hydrogen-bond acceptors (Lipinski definition) is 2. The lowest BCUT2D eigenvalue weighted by molar-refractivity contribution is -0.141. The second-order valence-electron chi connectivity index (χ2n) is 2.63. The molecular formula is C11H16O2. The third-order valence-electron chi connectivity index (χ3n) is 1.59. The highest BCUT2D eigenvalue weighted by atomic mass is 16.5. The minimum Gasteiger partial charge on any atom is -0.455 e. The maximum atomic E-state index is 10.8. The number of unbranched alkanes of at least 4 members (excludes halogenated alkanes) is 1. The average Bonchev–Trinajstić information content (AvgIpc) is 2.16. The van der Waals surface area contributed by atoms with Crippen LogP contribution in [0.15, 0.2) is 38.0 Å². The van der Waals surface area contributed by atoms with E-state index < -0.39 is 5.97 Å². The van der Waals surface area contributed by atoms with Gasteiger partial charge in [-0.1, -0.05) is 25.3 Å². The van der Waals surface area contributed by atoms with Gasteiger partial charge in [-0.25, -0.2) is 4.79 Å². The Kier molecular flexibility index (Phi) is 6.60. The SMILES string of the molecule is C=CCCCC(C=C)OC(=O)C=C. The number of rotatable bonds is 7. The Hall–Kier alpha value is -1.31. The van der Waals surface area contributed by atoms with Crippen molar-refractivity contribution in [1.82, 2.24) is 0 Å². The van der Waals surface area contributed by atoms with E-state index in [0.717, 1.165) is 25.3 Å². The third kappa shape index (κ3) is 5.91. The predicted octanol–water partition coefficient (Wildman–Crippen LogP) is 2.63. The Balaban J connectivity index is 3.74. The second-order valence-corrected chi connectivity index (χ2v) is 2.63. The number of allylic oxidation sites excluding steroid dienone is 1. The summed E-state index contributed by atoms with van der Waals surface area (Å²) in [5, 5.41) is 0. The molecule has 0 rings (SSSR count). The van der Waals surface area contributed by atoms with Gasteiger partial charge in [-0.15, -0.1) is 6.58 Å². The summed E-state index contributed by atoms with van der Waals surface area (Å²) in [6.07, 6.45) is 7.09.